The van der Waals surface area contributed by atoms with Gasteiger partial charge in [0, 0.05) is 33.1 Å². The molecule has 0 saturated carbocycles. The molecule has 2 fully saturated rings. The number of carbonyl (C=O) groups excluding carboxylic acids is 1. The highest BCUT2D eigenvalue weighted by Crippen LogP contribution is 2.18. The average Bonchev–Trinajstić information content (AvgIpc) is 2.73. The Morgan fingerprint density at radius 3 is 2.52 bits per heavy atom. The highest BCUT2D eigenvalue weighted by Gasteiger charge is 2.26. The first-order chi connectivity index (χ1) is 9.99. The van der Waals surface area contributed by atoms with Crippen LogP contribution in [0.15, 0.2) is 0 Å². The SMILES string of the molecule is CC(=O)N1CCCN(S(=O)(=O)CCC2CCNCC2)CC1. The van der Waals surface area contributed by atoms with Crippen molar-refractivity contribution in [3.63, 3.8) is 0 Å². The van der Waals surface area contributed by atoms with Gasteiger partial charge in [-0.05, 0) is 44.7 Å². The minimum atomic E-state index is -3.18. The van der Waals surface area contributed by atoms with Crippen LogP contribution in [0.5, 0.6) is 0 Å². The molecule has 1 N–H and O–H groups in total. The summed E-state index contributed by atoms with van der Waals surface area (Å²) >= 11 is 0. The average molecular weight is 317 g/mol. The van der Waals surface area contributed by atoms with Crippen LogP contribution in [0.2, 0.25) is 0 Å². The van der Waals surface area contributed by atoms with Crippen molar-refractivity contribution >= 4 is 15.9 Å². The van der Waals surface area contributed by atoms with E-state index in [0.717, 1.165) is 38.8 Å². The molecule has 21 heavy (non-hydrogen) atoms. The van der Waals surface area contributed by atoms with Crippen LogP contribution in [0.3, 0.4) is 0 Å². The van der Waals surface area contributed by atoms with Crippen molar-refractivity contribution in [3.8, 4) is 0 Å². The topological polar surface area (TPSA) is 69.7 Å². The summed E-state index contributed by atoms with van der Waals surface area (Å²) in [7, 11) is -3.18. The Morgan fingerprint density at radius 2 is 1.86 bits per heavy atom. The molecule has 0 radical (unpaired) electrons. The van der Waals surface area contributed by atoms with Crippen LogP contribution in [-0.2, 0) is 14.8 Å². The van der Waals surface area contributed by atoms with Crippen molar-refractivity contribution in [3.05, 3.63) is 0 Å². The molecule has 0 unspecified atom stereocenters. The van der Waals surface area contributed by atoms with Gasteiger partial charge in [0.25, 0.3) is 0 Å². The molecular weight excluding hydrogens is 290 g/mol. The van der Waals surface area contributed by atoms with E-state index in [1.54, 1.807) is 16.1 Å². The fourth-order valence-corrected chi connectivity index (χ4v) is 4.76. The predicted octanol–water partition coefficient (Wildman–Crippen LogP) is 0.260. The first-order valence-corrected chi connectivity index (χ1v) is 9.54. The molecule has 2 rings (SSSR count). The first kappa shape index (κ1) is 16.7. The lowest BCUT2D eigenvalue weighted by Crippen LogP contribution is -2.38. The van der Waals surface area contributed by atoms with Crippen LogP contribution < -0.4 is 5.32 Å². The summed E-state index contributed by atoms with van der Waals surface area (Å²) in [5.74, 6) is 0.809. The lowest BCUT2D eigenvalue weighted by molar-refractivity contribution is -0.128. The van der Waals surface area contributed by atoms with Gasteiger partial charge in [-0.1, -0.05) is 0 Å². The fourth-order valence-electron chi connectivity index (χ4n) is 3.10. The first-order valence-electron chi connectivity index (χ1n) is 7.93. The van der Waals surface area contributed by atoms with Crippen LogP contribution in [-0.4, -0.2) is 68.6 Å². The van der Waals surface area contributed by atoms with E-state index in [1.807, 2.05) is 0 Å². The molecular formula is C14H27N3O3S. The number of piperidine rings is 1. The third-order valence-electron chi connectivity index (χ3n) is 4.54. The maximum Gasteiger partial charge on any atom is 0.219 e. The lowest BCUT2D eigenvalue weighted by atomic mass is 9.96. The van der Waals surface area contributed by atoms with Gasteiger partial charge in [-0.15, -0.1) is 0 Å². The van der Waals surface area contributed by atoms with Crippen LogP contribution >= 0.6 is 0 Å². The summed E-state index contributed by atoms with van der Waals surface area (Å²) < 4.78 is 26.5. The molecule has 2 heterocycles. The Labute approximate surface area is 127 Å². The van der Waals surface area contributed by atoms with Crippen molar-refractivity contribution in [2.45, 2.75) is 32.6 Å². The van der Waals surface area contributed by atoms with Crippen LogP contribution in [0.1, 0.15) is 32.6 Å². The Hall–Kier alpha value is -0.660. The van der Waals surface area contributed by atoms with Gasteiger partial charge in [-0.2, -0.15) is 0 Å². The van der Waals surface area contributed by atoms with E-state index < -0.39 is 10.0 Å². The molecule has 6 nitrogen and oxygen atoms in total. The number of hydrogen-bond donors (Lipinski definition) is 1. The van der Waals surface area contributed by atoms with Crippen molar-refractivity contribution in [1.29, 1.82) is 0 Å². The van der Waals surface area contributed by atoms with Crippen LogP contribution in [0, 0.1) is 5.92 Å². The standard InChI is InChI=1S/C14H27N3O3S/c1-13(18)16-8-2-9-17(11-10-16)21(19,20)12-5-14-3-6-15-7-4-14/h14-15H,2-12H2,1H3. The highest BCUT2D eigenvalue weighted by molar-refractivity contribution is 7.89. The van der Waals surface area contributed by atoms with Crippen LogP contribution in [0.25, 0.3) is 0 Å². The summed E-state index contributed by atoms with van der Waals surface area (Å²) in [6.45, 7) is 5.70. The molecule has 0 atom stereocenters. The second kappa shape index (κ2) is 7.56. The molecule has 2 saturated heterocycles. The van der Waals surface area contributed by atoms with Crippen molar-refractivity contribution < 1.29 is 13.2 Å². The maximum absolute atomic E-state index is 12.5. The van der Waals surface area contributed by atoms with E-state index in [-0.39, 0.29) is 11.7 Å². The van der Waals surface area contributed by atoms with E-state index in [2.05, 4.69) is 5.32 Å². The smallest absolute Gasteiger partial charge is 0.219 e. The number of nitrogens with zero attached hydrogens (tertiary/aromatic N) is 2. The highest BCUT2D eigenvalue weighted by atomic mass is 32.2. The third-order valence-corrected chi connectivity index (χ3v) is 6.44. The summed E-state index contributed by atoms with van der Waals surface area (Å²) in [5.41, 5.74) is 0. The number of amides is 1. The predicted molar refractivity (Wildman–Crippen MR) is 82.4 cm³/mol. The molecule has 122 valence electrons. The normalized spacial score (nSPS) is 23.0. The van der Waals surface area contributed by atoms with Gasteiger partial charge in [-0.3, -0.25) is 4.79 Å². The van der Waals surface area contributed by atoms with Gasteiger partial charge >= 0.3 is 0 Å². The minimum absolute atomic E-state index is 0.0314. The monoisotopic (exact) mass is 317 g/mol. The molecule has 0 aliphatic carbocycles. The molecule has 0 spiro atoms. The van der Waals surface area contributed by atoms with E-state index in [1.165, 1.54) is 0 Å². The molecule has 0 aromatic heterocycles. The van der Waals surface area contributed by atoms with Gasteiger partial charge in [0.1, 0.15) is 0 Å². The number of rotatable bonds is 4. The number of carbonyl (C=O) groups is 1. The van der Waals surface area contributed by atoms with Gasteiger partial charge < -0.3 is 10.2 Å². The van der Waals surface area contributed by atoms with Crippen LogP contribution in [0.4, 0.5) is 0 Å². The summed E-state index contributed by atoms with van der Waals surface area (Å²) in [6.07, 6.45) is 3.64. The minimum Gasteiger partial charge on any atom is -0.342 e. The molecule has 1 amide bonds. The largest absolute Gasteiger partial charge is 0.342 e. The van der Waals surface area contributed by atoms with Gasteiger partial charge in [0.15, 0.2) is 0 Å². The number of sulfonamides is 1. The molecule has 2 aliphatic rings. The van der Waals surface area contributed by atoms with E-state index in [4.69, 9.17) is 0 Å². The Bertz CT molecular complexity index is 446. The van der Waals surface area contributed by atoms with E-state index >= 15 is 0 Å². The van der Waals surface area contributed by atoms with E-state index in [0.29, 0.717) is 32.1 Å². The molecule has 2 aliphatic heterocycles. The van der Waals surface area contributed by atoms with Crippen molar-refractivity contribution in [2.24, 2.45) is 5.92 Å². The molecule has 7 heteroatoms. The van der Waals surface area contributed by atoms with Crippen molar-refractivity contribution in [2.75, 3.05) is 45.0 Å². The Morgan fingerprint density at radius 1 is 1.14 bits per heavy atom. The fraction of sp³-hybridized carbons (Fsp3) is 0.929. The van der Waals surface area contributed by atoms with Gasteiger partial charge in [-0.25, -0.2) is 12.7 Å². The maximum atomic E-state index is 12.5. The summed E-state index contributed by atoms with van der Waals surface area (Å²) in [6, 6.07) is 0. The molecule has 0 aromatic rings. The second-order valence-corrected chi connectivity index (χ2v) is 8.15. The number of hydrogen-bond acceptors (Lipinski definition) is 4. The molecule has 0 aromatic carbocycles. The quantitative estimate of drug-likeness (QED) is 0.807. The number of nitrogens with one attached hydrogen (secondary N) is 1. The zero-order chi connectivity index (χ0) is 15.3. The zero-order valence-electron chi connectivity index (χ0n) is 12.9. The Balaban J connectivity index is 1.85. The zero-order valence-corrected chi connectivity index (χ0v) is 13.7. The van der Waals surface area contributed by atoms with E-state index in [9.17, 15) is 13.2 Å². The van der Waals surface area contributed by atoms with Gasteiger partial charge in [0.05, 0.1) is 5.75 Å². The summed E-state index contributed by atoms with van der Waals surface area (Å²) in [5, 5.41) is 3.30. The molecule has 0 bridgehead atoms. The lowest BCUT2D eigenvalue weighted by Gasteiger charge is -2.25. The van der Waals surface area contributed by atoms with Crippen molar-refractivity contribution in [1.82, 2.24) is 14.5 Å². The second-order valence-electron chi connectivity index (χ2n) is 6.06. The van der Waals surface area contributed by atoms with Gasteiger partial charge in [0.2, 0.25) is 15.9 Å². The Kier molecular flexibility index (Phi) is 6.01. The summed E-state index contributed by atoms with van der Waals surface area (Å²) in [4.78, 5) is 13.1. The third kappa shape index (κ3) is 4.93.